The smallest absolute Gasteiger partial charge is 0.131 e. The lowest BCUT2D eigenvalue weighted by Gasteiger charge is -1.96. The molecule has 4 aromatic carbocycles. The number of nitrogens with one attached hydrogen (secondary N) is 2. The minimum atomic E-state index is 0.567. The summed E-state index contributed by atoms with van der Waals surface area (Å²) in [7, 11) is 0. The zero-order chi connectivity index (χ0) is 15.4. The zero-order valence-corrected chi connectivity index (χ0v) is 12.3. The fourth-order valence-electron chi connectivity index (χ4n) is 3.38. The van der Waals surface area contributed by atoms with Crippen molar-refractivity contribution in [2.45, 2.75) is 0 Å². The first-order chi connectivity index (χ1) is 11.3. The van der Waals surface area contributed by atoms with Gasteiger partial charge in [-0.2, -0.15) is 0 Å². The average molecular weight is 295 g/mol. The summed E-state index contributed by atoms with van der Waals surface area (Å²) in [4.78, 5) is 7.93. The van der Waals surface area contributed by atoms with Gasteiger partial charge in [0, 0.05) is 10.6 Å². The summed E-state index contributed by atoms with van der Waals surface area (Å²) >= 11 is 0. The quantitative estimate of drug-likeness (QED) is 0.489. The van der Waals surface area contributed by atoms with Crippen LogP contribution in [0.25, 0.3) is 38.7 Å². The van der Waals surface area contributed by atoms with E-state index in [1.54, 1.807) is 0 Å². The Bertz CT molecular complexity index is 1240. The largest absolute Gasteiger partial charge is 0.338 e. The topological polar surface area (TPSA) is 52.5 Å². The maximum atomic E-state index is 8.55. The van der Waals surface area contributed by atoms with Crippen molar-refractivity contribution < 1.29 is 0 Å². The lowest BCUT2D eigenvalue weighted by atomic mass is 10.1. The number of H-pyrrole nitrogens is 1. The van der Waals surface area contributed by atoms with Gasteiger partial charge in [0.05, 0.1) is 16.4 Å². The van der Waals surface area contributed by atoms with Gasteiger partial charge < -0.3 is 4.98 Å². The highest BCUT2D eigenvalue weighted by molar-refractivity contribution is 6.11. The molecule has 0 aliphatic rings. The second-order valence-electron chi connectivity index (χ2n) is 5.78. The summed E-state index contributed by atoms with van der Waals surface area (Å²) in [6, 6.07) is 20.3. The summed E-state index contributed by atoms with van der Waals surface area (Å²) < 4.78 is 0. The summed E-state index contributed by atoms with van der Waals surface area (Å²) in [5.41, 5.74) is 1.96. The van der Waals surface area contributed by atoms with Crippen LogP contribution >= 0.6 is 0 Å². The van der Waals surface area contributed by atoms with Crippen LogP contribution in [0.15, 0.2) is 60.7 Å². The van der Waals surface area contributed by atoms with E-state index in [9.17, 15) is 0 Å². The Balaban J connectivity index is 1.91. The van der Waals surface area contributed by atoms with Crippen LogP contribution in [0.1, 0.15) is 5.82 Å². The Labute approximate surface area is 131 Å². The van der Waals surface area contributed by atoms with E-state index in [4.69, 9.17) is 5.41 Å². The van der Waals surface area contributed by atoms with Crippen LogP contribution in [-0.2, 0) is 0 Å². The molecule has 23 heavy (non-hydrogen) atoms. The van der Waals surface area contributed by atoms with Crippen molar-refractivity contribution in [2.24, 2.45) is 0 Å². The van der Waals surface area contributed by atoms with Gasteiger partial charge in [-0.3, -0.25) is 5.41 Å². The minimum absolute atomic E-state index is 0.567. The molecular weight excluding hydrogens is 282 g/mol. The first-order valence-electron chi connectivity index (χ1n) is 7.59. The van der Waals surface area contributed by atoms with Gasteiger partial charge in [-0.1, -0.05) is 48.5 Å². The molecule has 2 N–H and O–H groups in total. The molecule has 5 aromatic rings. The molecular formula is C20H13N3. The number of rotatable bonds is 1. The molecule has 5 rings (SSSR count). The van der Waals surface area contributed by atoms with E-state index < -0.39 is 0 Å². The van der Waals surface area contributed by atoms with Gasteiger partial charge in [-0.25, -0.2) is 4.98 Å². The van der Waals surface area contributed by atoms with Crippen LogP contribution < -0.4 is 10.6 Å². The Morgan fingerprint density at radius 1 is 0.870 bits per heavy atom. The molecule has 0 amide bonds. The third kappa shape index (κ3) is 1.70. The second-order valence-corrected chi connectivity index (χ2v) is 5.78. The molecule has 0 radical (unpaired) electrons. The lowest BCUT2D eigenvalue weighted by molar-refractivity contribution is 1.26. The number of aromatic nitrogens is 2. The molecule has 3 nitrogen and oxygen atoms in total. The van der Waals surface area contributed by atoms with E-state index in [2.05, 4.69) is 28.2 Å². The number of hydrogen-bond donors (Lipinski definition) is 2. The maximum absolute atomic E-state index is 8.55. The number of para-hydroxylation sites is 2. The summed E-state index contributed by atoms with van der Waals surface area (Å²) in [5.74, 6) is 0.788. The first kappa shape index (κ1) is 12.4. The van der Waals surface area contributed by atoms with Crippen molar-refractivity contribution in [3.63, 3.8) is 0 Å². The van der Waals surface area contributed by atoms with Gasteiger partial charge in [0.15, 0.2) is 0 Å². The Morgan fingerprint density at radius 3 is 2.48 bits per heavy atom. The van der Waals surface area contributed by atoms with Crippen LogP contribution in [0.2, 0.25) is 0 Å². The molecule has 1 heterocycles. The molecule has 0 saturated heterocycles. The maximum Gasteiger partial charge on any atom is 0.131 e. The number of imidazole rings is 1. The fraction of sp³-hybridized carbons (Fsp3) is 0. The molecule has 0 atom stereocenters. The molecule has 0 aliphatic heterocycles. The average Bonchev–Trinajstić information content (AvgIpc) is 3.11. The normalized spacial score (nSPS) is 12.8. The van der Waals surface area contributed by atoms with Crippen LogP contribution in [-0.4, -0.2) is 9.97 Å². The van der Waals surface area contributed by atoms with Crippen LogP contribution in [0.5, 0.6) is 0 Å². The second kappa shape index (κ2) is 4.40. The van der Waals surface area contributed by atoms with Crippen molar-refractivity contribution >= 4 is 38.7 Å². The summed E-state index contributed by atoms with van der Waals surface area (Å²) in [6.07, 6.45) is 1.98. The van der Waals surface area contributed by atoms with Crippen molar-refractivity contribution in [1.29, 1.82) is 5.41 Å². The highest BCUT2D eigenvalue weighted by atomic mass is 14.9. The standard InChI is InChI=1S/C20H13N3/c21-20-14-8-4-6-12-5-3-7-13(19(12)14)15(20)11-18-22-16-9-1-2-10-17(16)23-18/h1-11,21H,(H,22,23)/b15-11-,21-20?. The molecule has 3 heteroatoms. The van der Waals surface area contributed by atoms with E-state index >= 15 is 0 Å². The molecule has 0 spiro atoms. The van der Waals surface area contributed by atoms with Gasteiger partial charge in [-0.15, -0.1) is 0 Å². The Kier molecular flexibility index (Phi) is 2.36. The number of hydrogen-bond acceptors (Lipinski definition) is 2. The van der Waals surface area contributed by atoms with E-state index in [0.29, 0.717) is 5.36 Å². The molecule has 0 saturated carbocycles. The predicted octanol–water partition coefficient (Wildman–Crippen LogP) is 3.33. The SMILES string of the molecule is N=c1/c(=C\c2nc3ccccc3[nH]2)c2cccc3cccc1c32. The zero-order valence-electron chi connectivity index (χ0n) is 12.3. The molecule has 0 unspecified atom stereocenters. The fourth-order valence-corrected chi connectivity index (χ4v) is 3.38. The van der Waals surface area contributed by atoms with Crippen LogP contribution in [0.4, 0.5) is 0 Å². The summed E-state index contributed by atoms with van der Waals surface area (Å²) in [6.45, 7) is 0. The van der Waals surface area contributed by atoms with Crippen molar-refractivity contribution in [1.82, 2.24) is 9.97 Å². The number of aromatic amines is 1. The number of benzene rings is 3. The van der Waals surface area contributed by atoms with E-state index in [-0.39, 0.29) is 0 Å². The Morgan fingerprint density at radius 2 is 1.65 bits per heavy atom. The van der Waals surface area contributed by atoms with E-state index in [0.717, 1.165) is 32.8 Å². The van der Waals surface area contributed by atoms with Crippen molar-refractivity contribution in [3.05, 3.63) is 77.1 Å². The van der Waals surface area contributed by atoms with Crippen LogP contribution in [0.3, 0.4) is 0 Å². The lowest BCUT2D eigenvalue weighted by Crippen LogP contribution is -2.19. The third-order valence-corrected chi connectivity index (χ3v) is 4.42. The number of fused-ring (bicyclic) bond motifs is 1. The first-order valence-corrected chi connectivity index (χ1v) is 7.59. The van der Waals surface area contributed by atoms with Crippen molar-refractivity contribution in [3.8, 4) is 0 Å². The highest BCUT2D eigenvalue weighted by Gasteiger charge is 2.09. The predicted molar refractivity (Wildman–Crippen MR) is 93.4 cm³/mol. The highest BCUT2D eigenvalue weighted by Crippen LogP contribution is 2.22. The minimum Gasteiger partial charge on any atom is -0.338 e. The Hall–Kier alpha value is -3.20. The van der Waals surface area contributed by atoms with Crippen molar-refractivity contribution in [2.75, 3.05) is 0 Å². The van der Waals surface area contributed by atoms with Crippen LogP contribution in [0, 0.1) is 5.41 Å². The van der Waals surface area contributed by atoms with Gasteiger partial charge in [0.1, 0.15) is 5.82 Å². The molecule has 0 bridgehead atoms. The van der Waals surface area contributed by atoms with Gasteiger partial charge >= 0.3 is 0 Å². The van der Waals surface area contributed by atoms with E-state index in [1.165, 1.54) is 10.8 Å². The molecule has 108 valence electrons. The number of nitrogens with zero attached hydrogens (tertiary/aromatic N) is 1. The monoisotopic (exact) mass is 295 g/mol. The molecule has 0 fully saturated rings. The van der Waals surface area contributed by atoms with Gasteiger partial charge in [0.2, 0.25) is 0 Å². The third-order valence-electron chi connectivity index (χ3n) is 4.42. The van der Waals surface area contributed by atoms with Gasteiger partial charge in [0.25, 0.3) is 0 Å². The molecule has 1 aromatic heterocycles. The van der Waals surface area contributed by atoms with E-state index in [1.807, 2.05) is 48.5 Å². The van der Waals surface area contributed by atoms with Gasteiger partial charge in [-0.05, 0) is 34.4 Å². The summed E-state index contributed by atoms with van der Waals surface area (Å²) in [5, 5.41) is 14.5. The molecule has 0 aliphatic carbocycles.